The van der Waals surface area contributed by atoms with Gasteiger partial charge < -0.3 is 15.7 Å². The minimum absolute atomic E-state index is 0.0795. The summed E-state index contributed by atoms with van der Waals surface area (Å²) in [6.45, 7) is -0.183. The molecule has 3 N–H and O–H groups in total. The molecule has 25 heavy (non-hydrogen) atoms. The number of carbonyl (C=O) groups excluding carboxylic acids is 2. The van der Waals surface area contributed by atoms with E-state index in [1.165, 1.54) is 0 Å². The van der Waals surface area contributed by atoms with Crippen molar-refractivity contribution in [3.8, 4) is 0 Å². The van der Waals surface area contributed by atoms with Crippen molar-refractivity contribution in [2.45, 2.75) is 25.7 Å². The molecule has 1 saturated carbocycles. The van der Waals surface area contributed by atoms with Crippen molar-refractivity contribution in [1.29, 1.82) is 0 Å². The number of carbonyl (C=O) groups is 3. The maximum absolute atomic E-state index is 12.1. The Morgan fingerprint density at radius 2 is 1.72 bits per heavy atom. The maximum Gasteiger partial charge on any atom is 0.310 e. The normalized spacial score (nSPS) is 15.2. The predicted molar refractivity (Wildman–Crippen MR) is 94.1 cm³/mol. The highest BCUT2D eigenvalue weighted by molar-refractivity contribution is 6.03. The zero-order valence-electron chi connectivity index (χ0n) is 13.7. The fraction of sp³-hybridized carbons (Fsp3) is 0.316. The molecular formula is C19H20N2O4. The predicted octanol–water partition coefficient (Wildman–Crippen LogP) is 2.54. The third-order valence-electron chi connectivity index (χ3n) is 4.77. The van der Waals surface area contributed by atoms with Crippen LogP contribution in [-0.2, 0) is 14.4 Å². The first kappa shape index (κ1) is 17.0. The van der Waals surface area contributed by atoms with E-state index in [-0.39, 0.29) is 18.9 Å². The number of fused-ring (bicyclic) bond motifs is 1. The zero-order chi connectivity index (χ0) is 17.9. The standard InChI is InChI=1S/C19H20N2O4/c22-16(11-19(18(24)25)9-4-10-19)20-12-17(23)21-15-8-3-6-13-5-1-2-7-14(13)15/h1-3,5-8H,4,9-12H2,(H,20,22)(H,21,23)(H,24,25). The number of hydrogen-bond donors (Lipinski definition) is 3. The summed E-state index contributed by atoms with van der Waals surface area (Å²) in [6.07, 6.45) is 1.76. The Hall–Kier alpha value is -2.89. The Morgan fingerprint density at radius 3 is 2.40 bits per heavy atom. The average Bonchev–Trinajstić information content (AvgIpc) is 2.56. The van der Waals surface area contributed by atoms with Crippen LogP contribution in [-0.4, -0.2) is 29.4 Å². The van der Waals surface area contributed by atoms with Crippen LogP contribution in [0.5, 0.6) is 0 Å². The van der Waals surface area contributed by atoms with Gasteiger partial charge in [0.15, 0.2) is 0 Å². The third kappa shape index (κ3) is 3.63. The Balaban J connectivity index is 1.56. The van der Waals surface area contributed by atoms with Gasteiger partial charge in [0, 0.05) is 17.5 Å². The maximum atomic E-state index is 12.1. The van der Waals surface area contributed by atoms with Gasteiger partial charge in [-0.3, -0.25) is 14.4 Å². The number of rotatable bonds is 6. The smallest absolute Gasteiger partial charge is 0.310 e. The summed E-state index contributed by atoms with van der Waals surface area (Å²) in [5.41, 5.74) is -0.269. The molecule has 0 unspecified atom stereocenters. The van der Waals surface area contributed by atoms with Crippen molar-refractivity contribution in [3.63, 3.8) is 0 Å². The van der Waals surface area contributed by atoms with Crippen LogP contribution < -0.4 is 10.6 Å². The summed E-state index contributed by atoms with van der Waals surface area (Å²) in [4.78, 5) is 35.4. The molecule has 3 rings (SSSR count). The molecule has 0 atom stereocenters. The van der Waals surface area contributed by atoms with E-state index >= 15 is 0 Å². The largest absolute Gasteiger partial charge is 0.481 e. The number of amides is 2. The van der Waals surface area contributed by atoms with Crippen LogP contribution in [0, 0.1) is 5.41 Å². The Morgan fingerprint density at radius 1 is 1.00 bits per heavy atom. The van der Waals surface area contributed by atoms with Gasteiger partial charge in [0.25, 0.3) is 0 Å². The number of anilines is 1. The number of carboxylic acid groups (broad SMARTS) is 1. The number of carboxylic acids is 1. The minimum Gasteiger partial charge on any atom is -0.481 e. The summed E-state index contributed by atoms with van der Waals surface area (Å²) in [5.74, 6) is -1.69. The third-order valence-corrected chi connectivity index (χ3v) is 4.77. The van der Waals surface area contributed by atoms with Gasteiger partial charge in [-0.15, -0.1) is 0 Å². The van der Waals surface area contributed by atoms with Crippen molar-refractivity contribution >= 4 is 34.2 Å². The highest BCUT2D eigenvalue weighted by atomic mass is 16.4. The molecule has 130 valence electrons. The number of aliphatic carboxylic acids is 1. The second kappa shape index (κ2) is 6.93. The number of nitrogens with one attached hydrogen (secondary N) is 2. The monoisotopic (exact) mass is 340 g/mol. The molecule has 0 bridgehead atoms. The lowest BCUT2D eigenvalue weighted by atomic mass is 9.66. The van der Waals surface area contributed by atoms with Crippen LogP contribution in [0.1, 0.15) is 25.7 Å². The molecule has 1 fully saturated rings. The van der Waals surface area contributed by atoms with Crippen LogP contribution >= 0.6 is 0 Å². The summed E-state index contributed by atoms with van der Waals surface area (Å²) < 4.78 is 0. The van der Waals surface area contributed by atoms with Gasteiger partial charge in [-0.25, -0.2) is 0 Å². The van der Waals surface area contributed by atoms with Crippen molar-refractivity contribution in [2.24, 2.45) is 5.41 Å². The SMILES string of the molecule is O=C(CC1(C(=O)O)CCC1)NCC(=O)Nc1cccc2ccccc12. The highest BCUT2D eigenvalue weighted by Gasteiger charge is 2.45. The van der Waals surface area contributed by atoms with Gasteiger partial charge in [0.1, 0.15) is 0 Å². The Kier molecular flexibility index (Phi) is 4.70. The summed E-state index contributed by atoms with van der Waals surface area (Å²) in [7, 11) is 0. The van der Waals surface area contributed by atoms with Gasteiger partial charge in [-0.05, 0) is 24.3 Å². The molecule has 1 aliphatic rings. The lowest BCUT2D eigenvalue weighted by Crippen LogP contribution is -2.43. The van der Waals surface area contributed by atoms with E-state index in [1.54, 1.807) is 6.07 Å². The highest BCUT2D eigenvalue weighted by Crippen LogP contribution is 2.44. The molecule has 0 spiro atoms. The number of hydrogen-bond acceptors (Lipinski definition) is 3. The molecule has 0 radical (unpaired) electrons. The van der Waals surface area contributed by atoms with Crippen LogP contribution in [0.4, 0.5) is 5.69 Å². The first-order valence-electron chi connectivity index (χ1n) is 8.28. The van der Waals surface area contributed by atoms with E-state index in [1.807, 2.05) is 36.4 Å². The second-order valence-corrected chi connectivity index (χ2v) is 6.47. The first-order chi connectivity index (χ1) is 12.0. The van der Waals surface area contributed by atoms with E-state index in [0.29, 0.717) is 18.5 Å². The van der Waals surface area contributed by atoms with Crippen LogP contribution in [0.2, 0.25) is 0 Å². The van der Waals surface area contributed by atoms with Gasteiger partial charge >= 0.3 is 5.97 Å². The number of benzene rings is 2. The van der Waals surface area contributed by atoms with E-state index in [4.69, 9.17) is 0 Å². The minimum atomic E-state index is -0.948. The molecule has 0 aliphatic heterocycles. The Labute approximate surface area is 145 Å². The summed E-state index contributed by atoms with van der Waals surface area (Å²) >= 11 is 0. The molecule has 0 heterocycles. The second-order valence-electron chi connectivity index (χ2n) is 6.47. The topological polar surface area (TPSA) is 95.5 Å². The average molecular weight is 340 g/mol. The van der Waals surface area contributed by atoms with Gasteiger partial charge in [-0.1, -0.05) is 42.8 Å². The van der Waals surface area contributed by atoms with Crippen LogP contribution in [0.25, 0.3) is 10.8 Å². The fourth-order valence-electron chi connectivity index (χ4n) is 3.15. The molecule has 0 aromatic heterocycles. The van der Waals surface area contributed by atoms with Gasteiger partial charge in [0.05, 0.1) is 12.0 Å². The van der Waals surface area contributed by atoms with Crippen LogP contribution in [0.15, 0.2) is 42.5 Å². The van der Waals surface area contributed by atoms with Crippen molar-refractivity contribution in [3.05, 3.63) is 42.5 Å². The molecule has 0 saturated heterocycles. The van der Waals surface area contributed by atoms with Gasteiger partial charge in [0.2, 0.25) is 11.8 Å². The lowest BCUT2D eigenvalue weighted by Gasteiger charge is -2.36. The fourth-order valence-corrected chi connectivity index (χ4v) is 3.15. The molecule has 6 heteroatoms. The van der Waals surface area contributed by atoms with Gasteiger partial charge in [-0.2, -0.15) is 0 Å². The quantitative estimate of drug-likeness (QED) is 0.753. The zero-order valence-corrected chi connectivity index (χ0v) is 13.7. The van der Waals surface area contributed by atoms with E-state index < -0.39 is 17.3 Å². The Bertz CT molecular complexity index is 822. The summed E-state index contributed by atoms with van der Waals surface area (Å²) in [6, 6.07) is 13.3. The molecule has 1 aliphatic carbocycles. The van der Waals surface area contributed by atoms with E-state index in [9.17, 15) is 19.5 Å². The van der Waals surface area contributed by atoms with Crippen molar-refractivity contribution in [1.82, 2.24) is 5.32 Å². The summed E-state index contributed by atoms with van der Waals surface area (Å²) in [5, 5.41) is 16.5. The first-order valence-corrected chi connectivity index (χ1v) is 8.28. The van der Waals surface area contributed by atoms with Crippen LogP contribution in [0.3, 0.4) is 0 Å². The lowest BCUT2D eigenvalue weighted by molar-refractivity contribution is -0.157. The van der Waals surface area contributed by atoms with E-state index in [0.717, 1.165) is 17.2 Å². The van der Waals surface area contributed by atoms with Crippen molar-refractivity contribution in [2.75, 3.05) is 11.9 Å². The van der Waals surface area contributed by atoms with E-state index in [2.05, 4.69) is 10.6 Å². The molecule has 2 amide bonds. The molecule has 2 aromatic rings. The molecule has 2 aromatic carbocycles. The van der Waals surface area contributed by atoms with Crippen molar-refractivity contribution < 1.29 is 19.5 Å². The molecule has 6 nitrogen and oxygen atoms in total. The molecular weight excluding hydrogens is 320 g/mol.